The van der Waals surface area contributed by atoms with Crippen molar-refractivity contribution in [3.05, 3.63) is 22.6 Å². The zero-order valence-corrected chi connectivity index (χ0v) is 7.84. The quantitative estimate of drug-likeness (QED) is 0.500. The highest BCUT2D eigenvalue weighted by Gasteiger charge is 1.98. The second-order valence-corrected chi connectivity index (χ2v) is 2.57. The van der Waals surface area contributed by atoms with E-state index in [4.69, 9.17) is 4.42 Å². The van der Waals surface area contributed by atoms with Gasteiger partial charge in [0.2, 0.25) is 0 Å². The van der Waals surface area contributed by atoms with Crippen LogP contribution in [0.25, 0.3) is 0 Å². The number of esters is 1. The molecule has 1 rings (SSSR count). The first-order valence-corrected chi connectivity index (χ1v) is 3.86. The maximum atomic E-state index is 10.6. The number of hydrogen-bond donors (Lipinski definition) is 0. The molecule has 0 N–H and O–H groups in total. The van der Waals surface area contributed by atoms with E-state index in [0.29, 0.717) is 10.2 Å². The average Bonchev–Trinajstić information content (AvgIpc) is 2.47. The molecule has 0 bridgehead atoms. The summed E-state index contributed by atoms with van der Waals surface area (Å²) in [5.41, 5.74) is 0.625. The molecule has 0 spiro atoms. The lowest BCUT2D eigenvalue weighted by Crippen LogP contribution is -1.94. The Morgan fingerprint density at radius 2 is 2.50 bits per heavy atom. The van der Waals surface area contributed by atoms with Crippen LogP contribution in [0.15, 0.2) is 21.4 Å². The van der Waals surface area contributed by atoms with Crippen LogP contribution < -0.4 is 0 Å². The molecule has 1 aromatic rings. The van der Waals surface area contributed by atoms with Crippen LogP contribution in [0, 0.1) is 11.8 Å². The van der Waals surface area contributed by atoms with Crippen molar-refractivity contribution in [1.82, 2.24) is 0 Å². The molecule has 4 heteroatoms. The van der Waals surface area contributed by atoms with Crippen LogP contribution in [-0.2, 0) is 9.53 Å². The highest BCUT2D eigenvalue weighted by Crippen LogP contribution is 2.15. The first kappa shape index (κ1) is 8.88. The maximum absolute atomic E-state index is 10.6. The van der Waals surface area contributed by atoms with E-state index in [2.05, 4.69) is 32.5 Å². The van der Waals surface area contributed by atoms with Gasteiger partial charge >= 0.3 is 5.97 Å². The summed E-state index contributed by atoms with van der Waals surface area (Å²) in [7, 11) is 1.28. The fraction of sp³-hybridized carbons (Fsp3) is 0.125. The number of ether oxygens (including phenoxy) is 1. The van der Waals surface area contributed by atoms with Crippen LogP contribution >= 0.6 is 15.9 Å². The van der Waals surface area contributed by atoms with E-state index < -0.39 is 5.97 Å². The molecular formula is C8H5BrO3. The highest BCUT2D eigenvalue weighted by atomic mass is 79.9. The summed E-state index contributed by atoms with van der Waals surface area (Å²) in [6, 6.07) is 1.65. The third kappa shape index (κ3) is 2.14. The lowest BCUT2D eigenvalue weighted by Gasteiger charge is -1.84. The first-order chi connectivity index (χ1) is 5.74. The van der Waals surface area contributed by atoms with Gasteiger partial charge in [0.25, 0.3) is 0 Å². The summed E-state index contributed by atoms with van der Waals surface area (Å²) in [6.07, 6.45) is 1.48. The van der Waals surface area contributed by atoms with Crippen LogP contribution in [-0.4, -0.2) is 13.1 Å². The maximum Gasteiger partial charge on any atom is 0.384 e. The van der Waals surface area contributed by atoms with Crippen molar-refractivity contribution >= 4 is 21.9 Å². The molecule has 0 amide bonds. The van der Waals surface area contributed by atoms with E-state index in [1.54, 1.807) is 6.07 Å². The smallest absolute Gasteiger partial charge is 0.384 e. The Bertz CT molecular complexity index is 343. The van der Waals surface area contributed by atoms with E-state index in [1.807, 2.05) is 0 Å². The number of halogens is 1. The van der Waals surface area contributed by atoms with Gasteiger partial charge in [-0.05, 0) is 22.0 Å². The van der Waals surface area contributed by atoms with Gasteiger partial charge in [0.1, 0.15) is 0 Å². The Morgan fingerprint density at radius 3 is 3.00 bits per heavy atom. The Labute approximate surface area is 77.8 Å². The Kier molecular flexibility index (Phi) is 2.94. The molecule has 0 saturated heterocycles. The van der Waals surface area contributed by atoms with Crippen molar-refractivity contribution in [1.29, 1.82) is 0 Å². The lowest BCUT2D eigenvalue weighted by atomic mass is 10.3. The minimum absolute atomic E-state index is 0.513. The molecule has 1 aromatic heterocycles. The summed E-state index contributed by atoms with van der Waals surface area (Å²) in [4.78, 5) is 10.6. The molecule has 1 heterocycles. The van der Waals surface area contributed by atoms with Gasteiger partial charge in [-0.2, -0.15) is 0 Å². The third-order valence-electron chi connectivity index (χ3n) is 1.10. The zero-order chi connectivity index (χ0) is 8.97. The van der Waals surface area contributed by atoms with Gasteiger partial charge in [-0.3, -0.25) is 0 Å². The molecule has 3 nitrogen and oxygen atoms in total. The largest absolute Gasteiger partial charge is 0.459 e. The van der Waals surface area contributed by atoms with Crippen molar-refractivity contribution < 1.29 is 13.9 Å². The molecule has 0 radical (unpaired) electrons. The molecule has 0 saturated carbocycles. The SMILES string of the molecule is COC(=O)C#Cc1ccoc1Br. The van der Waals surface area contributed by atoms with E-state index in [9.17, 15) is 4.79 Å². The van der Waals surface area contributed by atoms with Crippen molar-refractivity contribution in [2.75, 3.05) is 7.11 Å². The number of hydrogen-bond acceptors (Lipinski definition) is 3. The van der Waals surface area contributed by atoms with Crippen molar-refractivity contribution in [2.24, 2.45) is 0 Å². The second kappa shape index (κ2) is 3.98. The van der Waals surface area contributed by atoms with Crippen LogP contribution in [0.4, 0.5) is 0 Å². The predicted octanol–water partition coefficient (Wildman–Crippen LogP) is 1.57. The van der Waals surface area contributed by atoms with Crippen molar-refractivity contribution in [2.45, 2.75) is 0 Å². The summed E-state index contributed by atoms with van der Waals surface area (Å²) in [5, 5.41) is 0. The summed E-state index contributed by atoms with van der Waals surface area (Å²) < 4.78 is 9.74. The summed E-state index contributed by atoms with van der Waals surface area (Å²) in [5.74, 6) is 4.29. The molecule has 0 aliphatic carbocycles. The number of furan rings is 1. The number of rotatable bonds is 0. The normalized spacial score (nSPS) is 8.50. The van der Waals surface area contributed by atoms with Gasteiger partial charge in [0.15, 0.2) is 4.67 Å². The van der Waals surface area contributed by atoms with Gasteiger partial charge in [-0.1, -0.05) is 5.92 Å². The molecule has 0 fully saturated rings. The van der Waals surface area contributed by atoms with Crippen LogP contribution in [0.5, 0.6) is 0 Å². The van der Waals surface area contributed by atoms with Gasteiger partial charge in [0, 0.05) is 5.92 Å². The van der Waals surface area contributed by atoms with Crippen LogP contribution in [0.3, 0.4) is 0 Å². The van der Waals surface area contributed by atoms with E-state index in [-0.39, 0.29) is 0 Å². The van der Waals surface area contributed by atoms with E-state index in [1.165, 1.54) is 13.4 Å². The standard InChI is InChI=1S/C8H5BrO3/c1-11-7(10)3-2-6-4-5-12-8(6)9/h4-5H,1H3. The van der Waals surface area contributed by atoms with Crippen LogP contribution in [0.2, 0.25) is 0 Å². The Hall–Kier alpha value is -1.21. The highest BCUT2D eigenvalue weighted by molar-refractivity contribution is 9.10. The van der Waals surface area contributed by atoms with Crippen molar-refractivity contribution in [3.8, 4) is 11.8 Å². The fourth-order valence-electron chi connectivity index (χ4n) is 0.551. The van der Waals surface area contributed by atoms with Crippen molar-refractivity contribution in [3.63, 3.8) is 0 Å². The average molecular weight is 229 g/mol. The lowest BCUT2D eigenvalue weighted by molar-refractivity contribution is -0.133. The van der Waals surface area contributed by atoms with Gasteiger partial charge in [-0.15, -0.1) is 0 Å². The molecular weight excluding hydrogens is 224 g/mol. The topological polar surface area (TPSA) is 39.4 Å². The van der Waals surface area contributed by atoms with E-state index in [0.717, 1.165) is 0 Å². The van der Waals surface area contributed by atoms with Gasteiger partial charge < -0.3 is 9.15 Å². The molecule has 0 atom stereocenters. The molecule has 12 heavy (non-hydrogen) atoms. The monoisotopic (exact) mass is 228 g/mol. The minimum Gasteiger partial charge on any atom is -0.459 e. The molecule has 0 aliphatic heterocycles. The predicted molar refractivity (Wildman–Crippen MR) is 45.3 cm³/mol. The summed E-state index contributed by atoms with van der Waals surface area (Å²) >= 11 is 3.12. The molecule has 62 valence electrons. The number of carbonyl (C=O) groups is 1. The number of carbonyl (C=O) groups excluding carboxylic acids is 1. The first-order valence-electron chi connectivity index (χ1n) is 3.07. The molecule has 0 aromatic carbocycles. The number of methoxy groups -OCH3 is 1. The molecule has 0 unspecified atom stereocenters. The Balaban J connectivity index is 2.79. The van der Waals surface area contributed by atoms with Gasteiger partial charge in [-0.25, -0.2) is 4.79 Å². The third-order valence-corrected chi connectivity index (χ3v) is 1.72. The molecule has 0 aliphatic rings. The van der Waals surface area contributed by atoms with Crippen LogP contribution in [0.1, 0.15) is 5.56 Å². The minimum atomic E-state index is -0.567. The second-order valence-electron chi connectivity index (χ2n) is 1.85. The summed E-state index contributed by atoms with van der Waals surface area (Å²) in [6.45, 7) is 0. The zero-order valence-electron chi connectivity index (χ0n) is 6.26. The van der Waals surface area contributed by atoms with E-state index >= 15 is 0 Å². The Morgan fingerprint density at radius 1 is 1.75 bits per heavy atom. The van der Waals surface area contributed by atoms with Gasteiger partial charge in [0.05, 0.1) is 18.9 Å². The fourth-order valence-corrected chi connectivity index (χ4v) is 0.890.